The van der Waals surface area contributed by atoms with Gasteiger partial charge in [-0.05, 0) is 38.6 Å². The predicted molar refractivity (Wildman–Crippen MR) is 57.4 cm³/mol. The zero-order valence-electron chi connectivity index (χ0n) is 9.04. The summed E-state index contributed by atoms with van der Waals surface area (Å²) in [5.41, 5.74) is 0. The van der Waals surface area contributed by atoms with Gasteiger partial charge in [-0.1, -0.05) is 0 Å². The molecule has 0 bridgehead atoms. The van der Waals surface area contributed by atoms with Gasteiger partial charge in [-0.3, -0.25) is 4.79 Å². The molecule has 0 aromatic rings. The Morgan fingerprint density at radius 3 is 2.53 bits per heavy atom. The standard InChI is InChI=1S/C11H20N2O2/c14-10-3-1-9(2-4-10)13-11(15)8-5-6-12-7-8/h8-10,12,14H,1-7H2,(H,13,15). The van der Waals surface area contributed by atoms with Crippen molar-refractivity contribution in [3.05, 3.63) is 0 Å². The Morgan fingerprint density at radius 1 is 1.20 bits per heavy atom. The zero-order chi connectivity index (χ0) is 10.7. The second-order valence-electron chi connectivity index (χ2n) is 4.70. The summed E-state index contributed by atoms with van der Waals surface area (Å²) in [6.07, 6.45) is 4.31. The highest BCUT2D eigenvalue weighted by Gasteiger charge is 2.26. The van der Waals surface area contributed by atoms with Crippen LogP contribution in [0.1, 0.15) is 32.1 Å². The van der Waals surface area contributed by atoms with E-state index in [2.05, 4.69) is 10.6 Å². The monoisotopic (exact) mass is 212 g/mol. The number of carbonyl (C=O) groups excluding carboxylic acids is 1. The molecule has 1 aliphatic heterocycles. The van der Waals surface area contributed by atoms with Crippen LogP contribution in [0.4, 0.5) is 0 Å². The van der Waals surface area contributed by atoms with Gasteiger partial charge in [-0.25, -0.2) is 0 Å². The minimum atomic E-state index is -0.147. The third kappa shape index (κ3) is 2.92. The SMILES string of the molecule is O=C(NC1CCC(O)CC1)C1CCNC1. The molecule has 4 heteroatoms. The maximum Gasteiger partial charge on any atom is 0.224 e. The average molecular weight is 212 g/mol. The van der Waals surface area contributed by atoms with Crippen molar-refractivity contribution >= 4 is 5.91 Å². The van der Waals surface area contributed by atoms with Crippen molar-refractivity contribution in [3.63, 3.8) is 0 Å². The third-order valence-corrected chi connectivity index (χ3v) is 3.47. The zero-order valence-corrected chi connectivity index (χ0v) is 9.04. The quantitative estimate of drug-likeness (QED) is 0.604. The summed E-state index contributed by atoms with van der Waals surface area (Å²) in [4.78, 5) is 11.8. The fourth-order valence-electron chi connectivity index (χ4n) is 2.42. The number of amides is 1. The van der Waals surface area contributed by atoms with Crippen LogP contribution in [-0.4, -0.2) is 36.2 Å². The van der Waals surface area contributed by atoms with Crippen LogP contribution in [0.3, 0.4) is 0 Å². The van der Waals surface area contributed by atoms with Gasteiger partial charge in [-0.2, -0.15) is 0 Å². The Balaban J connectivity index is 1.74. The lowest BCUT2D eigenvalue weighted by molar-refractivity contribution is -0.125. The van der Waals surface area contributed by atoms with E-state index in [0.717, 1.165) is 45.2 Å². The first kappa shape index (κ1) is 10.9. The first-order valence-corrected chi connectivity index (χ1v) is 5.95. The molecule has 86 valence electrons. The van der Waals surface area contributed by atoms with E-state index in [1.807, 2.05) is 0 Å². The van der Waals surface area contributed by atoms with Crippen LogP contribution in [0.5, 0.6) is 0 Å². The molecule has 4 nitrogen and oxygen atoms in total. The van der Waals surface area contributed by atoms with E-state index in [9.17, 15) is 9.90 Å². The van der Waals surface area contributed by atoms with E-state index in [4.69, 9.17) is 0 Å². The molecule has 1 heterocycles. The van der Waals surface area contributed by atoms with Crippen LogP contribution in [0, 0.1) is 5.92 Å². The van der Waals surface area contributed by atoms with Gasteiger partial charge in [0, 0.05) is 12.6 Å². The van der Waals surface area contributed by atoms with Crippen LogP contribution in [0.2, 0.25) is 0 Å². The van der Waals surface area contributed by atoms with Crippen molar-refractivity contribution in [3.8, 4) is 0 Å². The molecule has 1 atom stereocenters. The maximum absolute atomic E-state index is 11.8. The summed E-state index contributed by atoms with van der Waals surface area (Å²) in [7, 11) is 0. The number of carbonyl (C=O) groups is 1. The Bertz CT molecular complexity index is 219. The van der Waals surface area contributed by atoms with Crippen LogP contribution in [-0.2, 0) is 4.79 Å². The van der Waals surface area contributed by atoms with E-state index in [-0.39, 0.29) is 17.9 Å². The highest BCUT2D eigenvalue weighted by molar-refractivity contribution is 5.79. The lowest BCUT2D eigenvalue weighted by Gasteiger charge is -2.27. The largest absolute Gasteiger partial charge is 0.393 e. The second kappa shape index (κ2) is 4.94. The van der Waals surface area contributed by atoms with E-state index in [0.29, 0.717) is 6.04 Å². The molecule has 2 fully saturated rings. The Hall–Kier alpha value is -0.610. The molecule has 0 aromatic heterocycles. The first-order chi connectivity index (χ1) is 7.25. The Kier molecular flexibility index (Phi) is 3.59. The van der Waals surface area contributed by atoms with Gasteiger partial charge in [0.25, 0.3) is 0 Å². The van der Waals surface area contributed by atoms with Crippen molar-refractivity contribution in [1.29, 1.82) is 0 Å². The van der Waals surface area contributed by atoms with Crippen molar-refractivity contribution < 1.29 is 9.90 Å². The summed E-state index contributed by atoms with van der Waals surface area (Å²) in [6, 6.07) is 0.293. The third-order valence-electron chi connectivity index (χ3n) is 3.47. The summed E-state index contributed by atoms with van der Waals surface area (Å²) in [5.74, 6) is 0.359. The summed E-state index contributed by atoms with van der Waals surface area (Å²) in [5, 5.41) is 15.6. The molecule has 1 amide bonds. The van der Waals surface area contributed by atoms with Gasteiger partial charge in [0.1, 0.15) is 0 Å². The van der Waals surface area contributed by atoms with E-state index in [1.165, 1.54) is 0 Å². The summed E-state index contributed by atoms with van der Waals surface area (Å²) < 4.78 is 0. The van der Waals surface area contributed by atoms with Gasteiger partial charge >= 0.3 is 0 Å². The summed E-state index contributed by atoms with van der Waals surface area (Å²) >= 11 is 0. The number of aliphatic hydroxyl groups excluding tert-OH is 1. The van der Waals surface area contributed by atoms with Crippen molar-refractivity contribution in [2.75, 3.05) is 13.1 Å². The summed E-state index contributed by atoms with van der Waals surface area (Å²) in [6.45, 7) is 1.78. The van der Waals surface area contributed by atoms with Gasteiger partial charge in [0.05, 0.1) is 12.0 Å². The minimum Gasteiger partial charge on any atom is -0.393 e. The fourth-order valence-corrected chi connectivity index (χ4v) is 2.42. The Labute approximate surface area is 90.4 Å². The van der Waals surface area contributed by atoms with E-state index < -0.39 is 0 Å². The minimum absolute atomic E-state index is 0.147. The van der Waals surface area contributed by atoms with Crippen molar-refractivity contribution in [2.24, 2.45) is 5.92 Å². The smallest absolute Gasteiger partial charge is 0.224 e. The lowest BCUT2D eigenvalue weighted by Crippen LogP contribution is -2.42. The molecule has 1 saturated heterocycles. The average Bonchev–Trinajstić information content (AvgIpc) is 2.74. The predicted octanol–water partition coefficient (Wildman–Crippen LogP) is 0.0156. The maximum atomic E-state index is 11.8. The molecule has 0 radical (unpaired) electrons. The topological polar surface area (TPSA) is 61.4 Å². The van der Waals surface area contributed by atoms with Crippen LogP contribution >= 0.6 is 0 Å². The van der Waals surface area contributed by atoms with Gasteiger partial charge in [-0.15, -0.1) is 0 Å². The first-order valence-electron chi connectivity index (χ1n) is 5.95. The molecule has 2 rings (SSSR count). The van der Waals surface area contributed by atoms with Gasteiger partial charge in [0.2, 0.25) is 5.91 Å². The van der Waals surface area contributed by atoms with E-state index in [1.54, 1.807) is 0 Å². The molecular weight excluding hydrogens is 192 g/mol. The molecule has 3 N–H and O–H groups in total. The number of rotatable bonds is 2. The molecule has 15 heavy (non-hydrogen) atoms. The molecular formula is C11H20N2O2. The van der Waals surface area contributed by atoms with E-state index >= 15 is 0 Å². The van der Waals surface area contributed by atoms with Crippen molar-refractivity contribution in [1.82, 2.24) is 10.6 Å². The normalized spacial score (nSPS) is 36.5. The molecule has 1 saturated carbocycles. The molecule has 0 spiro atoms. The van der Waals surface area contributed by atoms with Crippen molar-refractivity contribution in [2.45, 2.75) is 44.2 Å². The highest BCUT2D eigenvalue weighted by atomic mass is 16.3. The van der Waals surface area contributed by atoms with Gasteiger partial charge in [0.15, 0.2) is 0 Å². The number of nitrogens with one attached hydrogen (secondary N) is 2. The fraction of sp³-hybridized carbons (Fsp3) is 0.909. The van der Waals surface area contributed by atoms with Crippen LogP contribution < -0.4 is 10.6 Å². The van der Waals surface area contributed by atoms with Crippen LogP contribution in [0.15, 0.2) is 0 Å². The highest BCUT2D eigenvalue weighted by Crippen LogP contribution is 2.19. The number of hydrogen-bond donors (Lipinski definition) is 3. The molecule has 1 unspecified atom stereocenters. The second-order valence-corrected chi connectivity index (χ2v) is 4.70. The van der Waals surface area contributed by atoms with Crippen LogP contribution in [0.25, 0.3) is 0 Å². The number of hydrogen-bond acceptors (Lipinski definition) is 3. The Morgan fingerprint density at radius 2 is 1.93 bits per heavy atom. The lowest BCUT2D eigenvalue weighted by atomic mass is 9.92. The number of aliphatic hydroxyl groups is 1. The molecule has 2 aliphatic rings. The molecule has 1 aliphatic carbocycles. The van der Waals surface area contributed by atoms with Gasteiger partial charge < -0.3 is 15.7 Å². The molecule has 0 aromatic carbocycles.